The van der Waals surface area contributed by atoms with E-state index < -0.39 is 22.8 Å². The molecule has 1 aliphatic heterocycles. The van der Waals surface area contributed by atoms with Crippen molar-refractivity contribution < 1.29 is 22.8 Å². The number of para-hydroxylation sites is 2. The molecule has 1 aliphatic rings. The molecule has 8 nitrogen and oxygen atoms in total. The first-order valence-corrected chi connectivity index (χ1v) is 12.6. The summed E-state index contributed by atoms with van der Waals surface area (Å²) in [5, 5.41) is 4.66. The van der Waals surface area contributed by atoms with Crippen LogP contribution in [0.1, 0.15) is 16.2 Å². The fraction of sp³-hybridized carbons (Fsp3) is 0.192. The molecule has 13 heteroatoms. The highest BCUT2D eigenvalue weighted by molar-refractivity contribution is 6.34. The number of carbonyl (C=O) groups excluding carboxylic acids is 2. The molecule has 0 unspecified atom stereocenters. The summed E-state index contributed by atoms with van der Waals surface area (Å²) in [5.41, 5.74) is 1.48. The molecule has 0 spiro atoms. The van der Waals surface area contributed by atoms with E-state index in [1.807, 2.05) is 24.3 Å². The summed E-state index contributed by atoms with van der Waals surface area (Å²) in [6.45, 7) is 2.09. The van der Waals surface area contributed by atoms with Crippen LogP contribution in [0.15, 0.2) is 60.7 Å². The number of alkyl halides is 3. The van der Waals surface area contributed by atoms with Crippen molar-refractivity contribution >= 4 is 63.2 Å². The molecule has 0 atom stereocenters. The maximum Gasteiger partial charge on any atom is 0.417 e. The van der Waals surface area contributed by atoms with Gasteiger partial charge in [-0.05, 0) is 48.5 Å². The molecule has 2 heterocycles. The number of hydrogen-bond donors (Lipinski definition) is 3. The molecule has 5 rings (SSSR count). The van der Waals surface area contributed by atoms with E-state index in [0.717, 1.165) is 28.9 Å². The fourth-order valence-corrected chi connectivity index (χ4v) is 4.73. The average molecular weight is 577 g/mol. The highest BCUT2D eigenvalue weighted by Gasteiger charge is 2.33. The highest BCUT2D eigenvalue weighted by atomic mass is 35.5. The first kappa shape index (κ1) is 26.6. The van der Waals surface area contributed by atoms with E-state index in [-0.39, 0.29) is 22.3 Å². The number of nitrogens with zero attached hydrogens (tertiary/aromatic N) is 3. The van der Waals surface area contributed by atoms with Gasteiger partial charge >= 0.3 is 12.2 Å². The predicted molar refractivity (Wildman–Crippen MR) is 145 cm³/mol. The summed E-state index contributed by atoms with van der Waals surface area (Å²) in [4.78, 5) is 36.5. The van der Waals surface area contributed by atoms with Crippen LogP contribution >= 0.6 is 23.2 Å². The number of nitrogens with one attached hydrogen (secondary N) is 3. The largest absolute Gasteiger partial charge is 0.417 e. The molecule has 0 aliphatic carbocycles. The summed E-state index contributed by atoms with van der Waals surface area (Å²) < 4.78 is 39.2. The molecule has 1 saturated heterocycles. The number of rotatable bonds is 4. The van der Waals surface area contributed by atoms with Gasteiger partial charge in [-0.2, -0.15) is 13.2 Å². The fourth-order valence-electron chi connectivity index (χ4n) is 4.28. The second-order valence-electron chi connectivity index (χ2n) is 8.82. The van der Waals surface area contributed by atoms with E-state index in [4.69, 9.17) is 23.2 Å². The Morgan fingerprint density at radius 2 is 1.64 bits per heavy atom. The number of fused-ring (bicyclic) bond motifs is 1. The van der Waals surface area contributed by atoms with E-state index >= 15 is 0 Å². The molecule has 3 N–H and O–H groups in total. The van der Waals surface area contributed by atoms with Crippen LogP contribution in [0.2, 0.25) is 10.0 Å². The molecule has 1 aromatic heterocycles. The Hall–Kier alpha value is -3.96. The van der Waals surface area contributed by atoms with Gasteiger partial charge in [0.2, 0.25) is 0 Å². The maximum absolute atomic E-state index is 13.1. The molecule has 39 heavy (non-hydrogen) atoms. The number of H-pyrrole nitrogens is 1. The molecular formula is C26H21Cl2F3N6O2. The number of anilines is 3. The Morgan fingerprint density at radius 3 is 2.33 bits per heavy atom. The van der Waals surface area contributed by atoms with Crippen LogP contribution in [0.3, 0.4) is 0 Å². The van der Waals surface area contributed by atoms with Gasteiger partial charge in [0.25, 0.3) is 5.91 Å². The number of aromatic nitrogens is 2. The third-order valence-corrected chi connectivity index (χ3v) is 6.90. The van der Waals surface area contributed by atoms with Gasteiger partial charge in [-0.15, -0.1) is 0 Å². The minimum Gasteiger partial charge on any atom is -0.368 e. The van der Waals surface area contributed by atoms with Crippen molar-refractivity contribution in [3.63, 3.8) is 0 Å². The van der Waals surface area contributed by atoms with Crippen LogP contribution in [0.4, 0.5) is 35.0 Å². The minimum atomic E-state index is -4.66. The zero-order chi connectivity index (χ0) is 27.7. The van der Waals surface area contributed by atoms with Gasteiger partial charge in [0, 0.05) is 37.6 Å². The van der Waals surface area contributed by atoms with Crippen LogP contribution in [0.25, 0.3) is 11.0 Å². The number of urea groups is 1. The molecule has 0 bridgehead atoms. The van der Waals surface area contributed by atoms with Crippen molar-refractivity contribution in [3.05, 3.63) is 82.1 Å². The lowest BCUT2D eigenvalue weighted by Crippen LogP contribution is -2.49. The van der Waals surface area contributed by atoms with Gasteiger partial charge in [-0.3, -0.25) is 4.79 Å². The van der Waals surface area contributed by atoms with E-state index in [2.05, 4.69) is 25.5 Å². The van der Waals surface area contributed by atoms with E-state index in [0.29, 0.717) is 32.0 Å². The Morgan fingerprint density at radius 1 is 0.897 bits per heavy atom. The number of aromatic amines is 1. The number of halogens is 5. The van der Waals surface area contributed by atoms with Crippen LogP contribution in [0.5, 0.6) is 0 Å². The van der Waals surface area contributed by atoms with Crippen molar-refractivity contribution in [1.82, 2.24) is 14.9 Å². The third kappa shape index (κ3) is 5.89. The molecule has 0 radical (unpaired) electrons. The number of piperazine rings is 1. The number of imidazole rings is 1. The lowest BCUT2D eigenvalue weighted by atomic mass is 10.2. The monoisotopic (exact) mass is 576 g/mol. The Bertz CT molecular complexity index is 1520. The van der Waals surface area contributed by atoms with E-state index in [1.165, 1.54) is 6.07 Å². The van der Waals surface area contributed by atoms with E-state index in [1.54, 1.807) is 23.1 Å². The van der Waals surface area contributed by atoms with Gasteiger partial charge in [0.15, 0.2) is 5.82 Å². The number of amides is 3. The van der Waals surface area contributed by atoms with Crippen LogP contribution in [-0.4, -0.2) is 53.0 Å². The first-order valence-electron chi connectivity index (χ1n) is 11.8. The third-order valence-electron chi connectivity index (χ3n) is 6.25. The van der Waals surface area contributed by atoms with E-state index in [9.17, 15) is 22.8 Å². The lowest BCUT2D eigenvalue weighted by Gasteiger charge is -2.35. The summed E-state index contributed by atoms with van der Waals surface area (Å²) >= 11 is 12.0. The molecule has 0 saturated carbocycles. The van der Waals surface area contributed by atoms with Crippen molar-refractivity contribution in [2.45, 2.75) is 6.18 Å². The average Bonchev–Trinajstić information content (AvgIpc) is 3.34. The molecule has 202 valence electrons. The van der Waals surface area contributed by atoms with Crippen molar-refractivity contribution in [2.75, 3.05) is 41.7 Å². The topological polar surface area (TPSA) is 93.4 Å². The first-order chi connectivity index (χ1) is 18.6. The molecule has 1 fully saturated rings. The van der Waals surface area contributed by atoms with Gasteiger partial charge in [-0.1, -0.05) is 35.3 Å². The SMILES string of the molecule is O=C(Nc1ccc(Cl)c(C(F)(F)F)c1)Nc1ccc(N2CCN(C(=O)c3nc4ccccc4[nH]3)CC2)cc1Cl. The zero-order valence-electron chi connectivity index (χ0n) is 20.1. The second kappa shape index (κ2) is 10.7. The minimum absolute atomic E-state index is 0.0768. The van der Waals surface area contributed by atoms with Gasteiger partial charge < -0.3 is 25.4 Å². The van der Waals surface area contributed by atoms with Crippen LogP contribution in [0, 0.1) is 0 Å². The quantitative estimate of drug-likeness (QED) is 0.258. The summed E-state index contributed by atoms with van der Waals surface area (Å²) in [6.07, 6.45) is -4.66. The Kier molecular flexibility index (Phi) is 7.28. The van der Waals surface area contributed by atoms with Gasteiger partial charge in [-0.25, -0.2) is 9.78 Å². The lowest BCUT2D eigenvalue weighted by molar-refractivity contribution is -0.137. The summed E-state index contributed by atoms with van der Waals surface area (Å²) in [5.74, 6) is 0.132. The van der Waals surface area contributed by atoms with Crippen molar-refractivity contribution in [2.24, 2.45) is 0 Å². The van der Waals surface area contributed by atoms with Gasteiger partial charge in [0.1, 0.15) is 0 Å². The highest BCUT2D eigenvalue weighted by Crippen LogP contribution is 2.36. The van der Waals surface area contributed by atoms with Crippen LogP contribution < -0.4 is 15.5 Å². The van der Waals surface area contributed by atoms with Gasteiger partial charge in [0.05, 0.1) is 32.3 Å². The maximum atomic E-state index is 13.1. The van der Waals surface area contributed by atoms with Crippen LogP contribution in [-0.2, 0) is 6.18 Å². The molecule has 3 aromatic carbocycles. The summed E-state index contributed by atoms with van der Waals surface area (Å²) in [7, 11) is 0. The molecule has 3 amide bonds. The van der Waals surface area contributed by atoms with Crippen molar-refractivity contribution in [1.29, 1.82) is 0 Å². The molecular weight excluding hydrogens is 556 g/mol. The zero-order valence-corrected chi connectivity index (χ0v) is 21.7. The second-order valence-corrected chi connectivity index (χ2v) is 9.63. The smallest absolute Gasteiger partial charge is 0.368 e. The Labute approximate surface area is 230 Å². The predicted octanol–water partition coefficient (Wildman–Crippen LogP) is 6.49. The Balaban J connectivity index is 1.18. The standard InChI is InChI=1S/C26H21Cl2F3N6O2/c27-18-7-5-15(13-17(18)26(29,30)31)32-25(39)35-20-8-6-16(14-19(20)28)36-9-11-37(12-10-36)24(38)23-33-21-3-1-2-4-22(21)34-23/h1-8,13-14H,9-12H2,(H,33,34)(H2,32,35,39). The number of carbonyl (C=O) groups is 2. The normalized spacial score (nSPS) is 14.0. The molecule has 4 aromatic rings. The summed E-state index contributed by atoms with van der Waals surface area (Å²) in [6, 6.07) is 14.8. The number of hydrogen-bond acceptors (Lipinski definition) is 4. The number of benzene rings is 3. The van der Waals surface area contributed by atoms with Crippen molar-refractivity contribution in [3.8, 4) is 0 Å².